The number of nitrogens with one attached hydrogen (secondary N) is 1. The van der Waals surface area contributed by atoms with E-state index in [0.717, 1.165) is 14.8 Å². The van der Waals surface area contributed by atoms with Crippen molar-refractivity contribution >= 4 is 50.7 Å². The minimum absolute atomic E-state index is 0.00848. The Morgan fingerprint density at radius 1 is 0.975 bits per heavy atom. The molecular weight excluding hydrogens is 576 g/mol. The second kappa shape index (κ2) is 13.5. The molecule has 11 heteroatoms. The Balaban J connectivity index is 2.07. The van der Waals surface area contributed by atoms with Crippen molar-refractivity contribution in [2.24, 2.45) is 5.92 Å². The number of aryl methyl sites for hydroxylation is 1. The van der Waals surface area contributed by atoms with E-state index in [0.29, 0.717) is 6.54 Å². The first-order valence-corrected chi connectivity index (χ1v) is 14.9. The average molecular weight is 609 g/mol. The molecule has 0 spiro atoms. The summed E-state index contributed by atoms with van der Waals surface area (Å²) in [6.45, 7) is 6.58. The molecule has 0 saturated carbocycles. The Hall–Kier alpha value is -3.14. The van der Waals surface area contributed by atoms with Gasteiger partial charge in [0.05, 0.1) is 15.6 Å². The normalized spacial score (nSPS) is 12.2. The highest BCUT2D eigenvalue weighted by molar-refractivity contribution is 7.92. The number of carbonyl (C=O) groups excluding carboxylic acids is 2. The Kier molecular flexibility index (Phi) is 10.6. The summed E-state index contributed by atoms with van der Waals surface area (Å²) in [4.78, 5) is 28.0. The number of benzene rings is 3. The van der Waals surface area contributed by atoms with E-state index < -0.39 is 40.2 Å². The summed E-state index contributed by atoms with van der Waals surface area (Å²) in [5.74, 6) is -1.58. The number of rotatable bonds is 11. The smallest absolute Gasteiger partial charge is 0.264 e. The first kappa shape index (κ1) is 31.4. The largest absolute Gasteiger partial charge is 0.354 e. The molecule has 7 nitrogen and oxygen atoms in total. The topological polar surface area (TPSA) is 86.8 Å². The Labute approximate surface area is 244 Å². The summed E-state index contributed by atoms with van der Waals surface area (Å²) in [5.41, 5.74) is 1.01. The van der Waals surface area contributed by atoms with Crippen LogP contribution < -0.4 is 9.62 Å². The highest BCUT2D eigenvalue weighted by Crippen LogP contribution is 2.33. The molecule has 0 radical (unpaired) electrons. The van der Waals surface area contributed by atoms with Gasteiger partial charge >= 0.3 is 0 Å². The number of anilines is 1. The molecule has 0 saturated heterocycles. The molecule has 1 unspecified atom stereocenters. The monoisotopic (exact) mass is 607 g/mol. The first-order chi connectivity index (χ1) is 18.8. The molecule has 0 fully saturated rings. The summed E-state index contributed by atoms with van der Waals surface area (Å²) < 4.78 is 43.2. The number of amides is 2. The third-order valence-corrected chi connectivity index (χ3v) is 8.54. The zero-order valence-electron chi connectivity index (χ0n) is 22.7. The van der Waals surface area contributed by atoms with Gasteiger partial charge in [0.2, 0.25) is 11.8 Å². The number of nitrogens with zero attached hydrogens (tertiary/aromatic N) is 2. The summed E-state index contributed by atoms with van der Waals surface area (Å²) in [5, 5.41) is 3.04. The highest BCUT2D eigenvalue weighted by Gasteiger charge is 2.33. The van der Waals surface area contributed by atoms with Crippen LogP contribution in [0.5, 0.6) is 0 Å². The van der Waals surface area contributed by atoms with Gasteiger partial charge in [0.15, 0.2) is 0 Å². The number of hydrogen-bond donors (Lipinski definition) is 1. The molecule has 40 heavy (non-hydrogen) atoms. The van der Waals surface area contributed by atoms with Gasteiger partial charge in [-0.05, 0) is 56.2 Å². The van der Waals surface area contributed by atoms with E-state index in [2.05, 4.69) is 5.32 Å². The second-order valence-electron chi connectivity index (χ2n) is 9.85. The summed E-state index contributed by atoms with van der Waals surface area (Å²) in [6.07, 6.45) is 0. The van der Waals surface area contributed by atoms with Crippen LogP contribution in [0.15, 0.2) is 71.6 Å². The molecule has 3 aromatic rings. The molecule has 0 heterocycles. The van der Waals surface area contributed by atoms with Crippen molar-refractivity contribution in [2.45, 2.75) is 45.2 Å². The maximum absolute atomic E-state index is 14.6. The second-order valence-corrected chi connectivity index (χ2v) is 12.6. The van der Waals surface area contributed by atoms with Crippen molar-refractivity contribution in [3.63, 3.8) is 0 Å². The van der Waals surface area contributed by atoms with Gasteiger partial charge in [0, 0.05) is 23.7 Å². The Morgan fingerprint density at radius 2 is 1.62 bits per heavy atom. The third-order valence-electron chi connectivity index (χ3n) is 6.22. The lowest BCUT2D eigenvalue weighted by Gasteiger charge is -2.32. The van der Waals surface area contributed by atoms with Crippen molar-refractivity contribution in [2.75, 3.05) is 17.4 Å². The predicted octanol–water partition coefficient (Wildman–Crippen LogP) is 5.83. The lowest BCUT2D eigenvalue weighted by molar-refractivity contribution is -0.139. The minimum Gasteiger partial charge on any atom is -0.354 e. The molecule has 0 aliphatic rings. The molecule has 0 bridgehead atoms. The van der Waals surface area contributed by atoms with Crippen LogP contribution in [0.2, 0.25) is 10.0 Å². The minimum atomic E-state index is -4.32. The van der Waals surface area contributed by atoms with E-state index in [1.165, 1.54) is 55.5 Å². The van der Waals surface area contributed by atoms with Crippen LogP contribution in [0, 0.1) is 18.7 Å². The number of sulfonamides is 1. The Morgan fingerprint density at radius 3 is 2.25 bits per heavy atom. The molecule has 0 aliphatic carbocycles. The van der Waals surface area contributed by atoms with Gasteiger partial charge in [0.25, 0.3) is 10.0 Å². The van der Waals surface area contributed by atoms with Crippen molar-refractivity contribution in [1.82, 2.24) is 10.2 Å². The maximum atomic E-state index is 14.6. The quantitative estimate of drug-likeness (QED) is 0.297. The molecule has 0 aliphatic heterocycles. The Bertz CT molecular complexity index is 1470. The van der Waals surface area contributed by atoms with E-state index >= 15 is 0 Å². The number of hydrogen-bond acceptors (Lipinski definition) is 4. The van der Waals surface area contributed by atoms with Crippen LogP contribution >= 0.6 is 23.2 Å². The highest BCUT2D eigenvalue weighted by atomic mass is 35.5. The summed E-state index contributed by atoms with van der Waals surface area (Å²) >= 11 is 12.6. The van der Waals surface area contributed by atoms with Gasteiger partial charge in [-0.3, -0.25) is 13.9 Å². The predicted molar refractivity (Wildman–Crippen MR) is 156 cm³/mol. The first-order valence-electron chi connectivity index (χ1n) is 12.7. The van der Waals surface area contributed by atoms with E-state index in [-0.39, 0.29) is 38.7 Å². The fraction of sp³-hybridized carbons (Fsp3) is 0.310. The molecule has 1 N–H and O–H groups in total. The molecule has 214 valence electrons. The van der Waals surface area contributed by atoms with E-state index in [1.807, 2.05) is 20.8 Å². The molecule has 0 aromatic heterocycles. The van der Waals surface area contributed by atoms with Gasteiger partial charge in [-0.1, -0.05) is 72.9 Å². The van der Waals surface area contributed by atoms with Crippen LogP contribution in [-0.2, 0) is 26.2 Å². The van der Waals surface area contributed by atoms with Crippen molar-refractivity contribution < 1.29 is 22.4 Å². The maximum Gasteiger partial charge on any atom is 0.264 e. The summed E-state index contributed by atoms with van der Waals surface area (Å²) in [7, 11) is -4.32. The molecule has 2 amide bonds. The van der Waals surface area contributed by atoms with Crippen molar-refractivity contribution in [1.29, 1.82) is 0 Å². The van der Waals surface area contributed by atoms with Gasteiger partial charge < -0.3 is 10.2 Å². The molecular formula is C29H32Cl2FN3O4S. The molecule has 3 rings (SSSR count). The van der Waals surface area contributed by atoms with Gasteiger partial charge in [0.1, 0.15) is 18.4 Å². The fourth-order valence-electron chi connectivity index (χ4n) is 3.87. The SMILES string of the molecule is Cc1ccc(S(=O)(=O)N(CC(=O)N(Cc2ccccc2F)C(C)C(=O)NCC(C)C)c2cc(Cl)ccc2Cl)cc1. The lowest BCUT2D eigenvalue weighted by Crippen LogP contribution is -2.51. The lowest BCUT2D eigenvalue weighted by atomic mass is 10.1. The number of carbonyl (C=O) groups is 2. The van der Waals surface area contributed by atoms with Crippen molar-refractivity contribution in [3.8, 4) is 0 Å². The third kappa shape index (κ3) is 7.74. The summed E-state index contributed by atoms with van der Waals surface area (Å²) in [6, 6.07) is 15.3. The zero-order valence-corrected chi connectivity index (χ0v) is 25.0. The standard InChI is InChI=1S/C29H32Cl2FN3O4S/c1-19(2)16-33-29(37)21(4)34(17-22-7-5-6-8-26(22)32)28(36)18-35(27-15-23(30)11-14-25(27)31)40(38,39)24-12-9-20(3)10-13-24/h5-15,19,21H,16-18H2,1-4H3,(H,33,37). The zero-order chi connectivity index (χ0) is 29.6. The van der Waals surface area contributed by atoms with Gasteiger partial charge in [-0.15, -0.1) is 0 Å². The van der Waals surface area contributed by atoms with E-state index in [1.54, 1.807) is 18.2 Å². The molecule has 1 atom stereocenters. The fourth-order valence-corrected chi connectivity index (χ4v) is 5.73. The van der Waals surface area contributed by atoms with Gasteiger partial charge in [-0.25, -0.2) is 12.8 Å². The van der Waals surface area contributed by atoms with Crippen LogP contribution in [0.1, 0.15) is 31.9 Å². The van der Waals surface area contributed by atoms with Crippen LogP contribution in [0.25, 0.3) is 0 Å². The number of halogens is 3. The van der Waals surface area contributed by atoms with Crippen LogP contribution in [0.4, 0.5) is 10.1 Å². The van der Waals surface area contributed by atoms with E-state index in [9.17, 15) is 22.4 Å². The van der Waals surface area contributed by atoms with Crippen molar-refractivity contribution in [3.05, 3.63) is 93.7 Å². The van der Waals surface area contributed by atoms with E-state index in [4.69, 9.17) is 23.2 Å². The van der Waals surface area contributed by atoms with Crippen LogP contribution in [0.3, 0.4) is 0 Å². The van der Waals surface area contributed by atoms with Crippen LogP contribution in [-0.4, -0.2) is 44.3 Å². The average Bonchev–Trinajstić information content (AvgIpc) is 2.91. The van der Waals surface area contributed by atoms with Gasteiger partial charge in [-0.2, -0.15) is 0 Å². The molecule has 3 aromatic carbocycles.